The average Bonchev–Trinajstić information content (AvgIpc) is 2.74. The van der Waals surface area contributed by atoms with Crippen LogP contribution in [-0.4, -0.2) is 32.8 Å². The smallest absolute Gasteiger partial charge is 0.319 e. The first-order chi connectivity index (χ1) is 14.5. The van der Waals surface area contributed by atoms with Gasteiger partial charge in [-0.05, 0) is 56.3 Å². The Hall–Kier alpha value is -3.68. The zero-order valence-corrected chi connectivity index (χ0v) is 17.4. The number of allylic oxidation sites excluding steroid dienone is 1. The minimum atomic E-state index is -0.716. The van der Waals surface area contributed by atoms with Crippen LogP contribution in [-0.2, 0) is 4.79 Å². The lowest BCUT2D eigenvalue weighted by Crippen LogP contribution is -2.46. The zero-order valence-electron chi connectivity index (χ0n) is 17.4. The summed E-state index contributed by atoms with van der Waals surface area (Å²) in [6.45, 7) is 4.15. The van der Waals surface area contributed by atoms with Crippen LogP contribution >= 0.6 is 0 Å². The van der Waals surface area contributed by atoms with E-state index in [1.54, 1.807) is 56.5 Å². The van der Waals surface area contributed by atoms with E-state index >= 15 is 0 Å². The second-order valence-corrected chi connectivity index (χ2v) is 6.59. The number of benzene rings is 2. The molecule has 0 saturated carbocycles. The van der Waals surface area contributed by atoms with E-state index in [2.05, 4.69) is 16.0 Å². The highest BCUT2D eigenvalue weighted by molar-refractivity contribution is 6.06. The Balaban J connectivity index is 1.95. The summed E-state index contributed by atoms with van der Waals surface area (Å²) in [7, 11) is 3.08. The highest BCUT2D eigenvalue weighted by Gasteiger charge is 2.33. The van der Waals surface area contributed by atoms with Gasteiger partial charge < -0.3 is 30.2 Å². The van der Waals surface area contributed by atoms with Crippen molar-refractivity contribution < 1.29 is 23.8 Å². The fourth-order valence-corrected chi connectivity index (χ4v) is 3.29. The van der Waals surface area contributed by atoms with E-state index in [9.17, 15) is 9.59 Å². The summed E-state index contributed by atoms with van der Waals surface area (Å²) in [6, 6.07) is 11.2. The van der Waals surface area contributed by atoms with Crippen molar-refractivity contribution >= 4 is 17.6 Å². The lowest BCUT2D eigenvalue weighted by molar-refractivity contribution is -0.113. The molecule has 1 aliphatic rings. The molecular formula is C22H25N3O5. The average molecular weight is 411 g/mol. The Bertz CT molecular complexity index is 969. The molecule has 0 bridgehead atoms. The predicted molar refractivity (Wildman–Crippen MR) is 113 cm³/mol. The standard InChI is InChI=1S/C22H25N3O5/c1-5-30-15-8-6-14(7-9-15)24-21(26)19-13(2)23-22(27)25-20(19)17-12-16(28-3)10-11-18(17)29-4/h6-12,20H,5H2,1-4H3,(H,24,26)(H2,23,25,27). The van der Waals surface area contributed by atoms with Gasteiger partial charge in [0, 0.05) is 16.9 Å². The van der Waals surface area contributed by atoms with E-state index in [0.717, 1.165) is 5.75 Å². The summed E-state index contributed by atoms with van der Waals surface area (Å²) in [5.74, 6) is 1.49. The van der Waals surface area contributed by atoms with Gasteiger partial charge in [0.05, 0.1) is 32.4 Å². The van der Waals surface area contributed by atoms with Crippen LogP contribution in [0.2, 0.25) is 0 Å². The number of hydrogen-bond acceptors (Lipinski definition) is 5. The molecule has 0 saturated heterocycles. The lowest BCUT2D eigenvalue weighted by Gasteiger charge is -2.29. The molecule has 1 heterocycles. The normalized spacial score (nSPS) is 15.7. The third-order valence-corrected chi connectivity index (χ3v) is 4.68. The monoisotopic (exact) mass is 411 g/mol. The van der Waals surface area contributed by atoms with Gasteiger partial charge in [-0.15, -0.1) is 0 Å². The summed E-state index contributed by atoms with van der Waals surface area (Å²) >= 11 is 0. The van der Waals surface area contributed by atoms with Gasteiger partial charge in [-0.1, -0.05) is 0 Å². The van der Waals surface area contributed by atoms with Gasteiger partial charge in [-0.2, -0.15) is 0 Å². The summed E-state index contributed by atoms with van der Waals surface area (Å²) in [5.41, 5.74) is 2.05. The second kappa shape index (κ2) is 9.21. The van der Waals surface area contributed by atoms with Gasteiger partial charge in [0.2, 0.25) is 0 Å². The van der Waals surface area contributed by atoms with Crippen LogP contribution in [0.25, 0.3) is 0 Å². The first-order valence-electron chi connectivity index (χ1n) is 9.51. The number of nitrogens with one attached hydrogen (secondary N) is 3. The molecule has 3 rings (SSSR count). The van der Waals surface area contributed by atoms with Crippen LogP contribution in [0, 0.1) is 0 Å². The largest absolute Gasteiger partial charge is 0.497 e. The highest BCUT2D eigenvalue weighted by Crippen LogP contribution is 2.36. The molecule has 2 aromatic rings. The SMILES string of the molecule is CCOc1ccc(NC(=O)C2=C(C)NC(=O)NC2c2cc(OC)ccc2OC)cc1. The summed E-state index contributed by atoms with van der Waals surface area (Å²) in [4.78, 5) is 25.3. The van der Waals surface area contributed by atoms with E-state index < -0.39 is 12.1 Å². The zero-order chi connectivity index (χ0) is 21.7. The summed E-state index contributed by atoms with van der Waals surface area (Å²) in [5, 5.41) is 8.35. The Morgan fingerprint density at radius 3 is 2.40 bits per heavy atom. The number of hydrogen-bond donors (Lipinski definition) is 3. The van der Waals surface area contributed by atoms with Crippen molar-refractivity contribution in [3.63, 3.8) is 0 Å². The minimum absolute atomic E-state index is 0.348. The molecule has 8 heteroatoms. The molecule has 30 heavy (non-hydrogen) atoms. The Labute approximate surface area is 175 Å². The lowest BCUT2D eigenvalue weighted by atomic mass is 9.93. The van der Waals surface area contributed by atoms with Gasteiger partial charge in [0.25, 0.3) is 5.91 Å². The Morgan fingerprint density at radius 2 is 1.77 bits per heavy atom. The number of rotatable bonds is 7. The number of urea groups is 1. The molecule has 0 aromatic heterocycles. The van der Waals surface area contributed by atoms with E-state index in [1.807, 2.05) is 6.92 Å². The van der Waals surface area contributed by atoms with E-state index in [1.165, 1.54) is 7.11 Å². The maximum atomic E-state index is 13.2. The first kappa shape index (κ1) is 21.0. The predicted octanol–water partition coefficient (Wildman–Crippen LogP) is 3.37. The minimum Gasteiger partial charge on any atom is -0.497 e. The maximum absolute atomic E-state index is 13.2. The van der Waals surface area contributed by atoms with E-state index in [4.69, 9.17) is 14.2 Å². The number of anilines is 1. The van der Waals surface area contributed by atoms with Crippen molar-refractivity contribution in [1.29, 1.82) is 0 Å². The van der Waals surface area contributed by atoms with Crippen LogP contribution in [0.4, 0.5) is 10.5 Å². The van der Waals surface area contributed by atoms with Crippen molar-refractivity contribution in [2.45, 2.75) is 19.9 Å². The number of carbonyl (C=O) groups is 2. The molecule has 3 amide bonds. The Morgan fingerprint density at radius 1 is 1.07 bits per heavy atom. The van der Waals surface area contributed by atoms with Crippen molar-refractivity contribution in [3.05, 3.63) is 59.3 Å². The molecule has 2 aromatic carbocycles. The van der Waals surface area contributed by atoms with Crippen molar-refractivity contribution in [2.75, 3.05) is 26.1 Å². The van der Waals surface area contributed by atoms with Crippen LogP contribution in [0.1, 0.15) is 25.5 Å². The number of ether oxygens (including phenoxy) is 3. The molecule has 0 aliphatic carbocycles. The van der Waals surface area contributed by atoms with Crippen LogP contribution in [0.5, 0.6) is 17.2 Å². The van der Waals surface area contributed by atoms with Crippen molar-refractivity contribution in [3.8, 4) is 17.2 Å². The summed E-state index contributed by atoms with van der Waals surface area (Å²) in [6.07, 6.45) is 0. The molecule has 0 radical (unpaired) electrons. The molecule has 8 nitrogen and oxygen atoms in total. The van der Waals surface area contributed by atoms with Gasteiger partial charge in [0.15, 0.2) is 0 Å². The molecule has 158 valence electrons. The van der Waals surface area contributed by atoms with Crippen LogP contribution in [0.3, 0.4) is 0 Å². The van der Waals surface area contributed by atoms with Crippen LogP contribution in [0.15, 0.2) is 53.7 Å². The molecule has 1 aliphatic heterocycles. The maximum Gasteiger partial charge on any atom is 0.319 e. The van der Waals surface area contributed by atoms with Gasteiger partial charge in [-0.3, -0.25) is 4.79 Å². The van der Waals surface area contributed by atoms with Gasteiger partial charge in [-0.25, -0.2) is 4.79 Å². The third kappa shape index (κ3) is 4.48. The molecule has 0 spiro atoms. The highest BCUT2D eigenvalue weighted by atomic mass is 16.5. The number of carbonyl (C=O) groups excluding carboxylic acids is 2. The molecule has 0 fully saturated rings. The fraction of sp³-hybridized carbons (Fsp3) is 0.273. The van der Waals surface area contributed by atoms with E-state index in [0.29, 0.717) is 40.6 Å². The Kier molecular flexibility index (Phi) is 6.46. The van der Waals surface area contributed by atoms with Crippen LogP contribution < -0.4 is 30.2 Å². The van der Waals surface area contributed by atoms with Crippen molar-refractivity contribution in [2.24, 2.45) is 0 Å². The number of amides is 3. The third-order valence-electron chi connectivity index (χ3n) is 4.68. The van der Waals surface area contributed by atoms with E-state index in [-0.39, 0.29) is 5.91 Å². The summed E-state index contributed by atoms with van der Waals surface area (Å²) < 4.78 is 16.2. The fourth-order valence-electron chi connectivity index (χ4n) is 3.29. The molecule has 3 N–H and O–H groups in total. The molecule has 1 unspecified atom stereocenters. The number of methoxy groups -OCH3 is 2. The molecular weight excluding hydrogens is 386 g/mol. The second-order valence-electron chi connectivity index (χ2n) is 6.59. The first-order valence-corrected chi connectivity index (χ1v) is 9.51. The molecule has 1 atom stereocenters. The van der Waals surface area contributed by atoms with Crippen molar-refractivity contribution in [1.82, 2.24) is 10.6 Å². The topological polar surface area (TPSA) is 97.9 Å². The van der Waals surface area contributed by atoms with Gasteiger partial charge >= 0.3 is 6.03 Å². The quantitative estimate of drug-likeness (QED) is 0.649. The van der Waals surface area contributed by atoms with Gasteiger partial charge in [0.1, 0.15) is 17.2 Å².